The van der Waals surface area contributed by atoms with E-state index in [1.807, 2.05) is 0 Å². The van der Waals surface area contributed by atoms with E-state index in [-0.39, 0.29) is 0 Å². The quantitative estimate of drug-likeness (QED) is 0.424. The Bertz CT molecular complexity index is 728. The van der Waals surface area contributed by atoms with Crippen LogP contribution in [0.5, 0.6) is 0 Å². The number of hydrogen-bond acceptors (Lipinski definition) is 8. The maximum Gasteiger partial charge on any atom is 0.414 e. The molecule has 2 aliphatic rings. The van der Waals surface area contributed by atoms with Crippen molar-refractivity contribution >= 4 is 46.5 Å². The summed E-state index contributed by atoms with van der Waals surface area (Å²) in [5.41, 5.74) is 2.55. The molecule has 30 heavy (non-hydrogen) atoms. The van der Waals surface area contributed by atoms with Crippen LogP contribution >= 0.6 is 11.8 Å². The number of nitrogens with zero attached hydrogens (tertiary/aromatic N) is 2. The molecule has 2 aliphatic heterocycles. The van der Waals surface area contributed by atoms with Gasteiger partial charge in [0.25, 0.3) is 0 Å². The van der Waals surface area contributed by atoms with Crippen LogP contribution in [0.2, 0.25) is 0 Å². The molecule has 0 saturated carbocycles. The Morgan fingerprint density at radius 3 is 1.80 bits per heavy atom. The Morgan fingerprint density at radius 2 is 1.40 bits per heavy atom. The molecule has 11 nitrogen and oxygen atoms in total. The number of anilines is 1. The van der Waals surface area contributed by atoms with Crippen LogP contribution in [0.25, 0.3) is 0 Å². The molecule has 1 fully saturated rings. The van der Waals surface area contributed by atoms with E-state index in [0.717, 1.165) is 29.7 Å². The molecule has 1 saturated heterocycles. The highest BCUT2D eigenvalue weighted by Crippen LogP contribution is 2.18. The number of likely N-dealkylation sites (tertiary alicyclic amines) is 1. The highest BCUT2D eigenvalue weighted by molar-refractivity contribution is 8.14. The molecular formula is C18H23N3O8S. The number of aliphatic carboxylic acids is 4. The van der Waals surface area contributed by atoms with E-state index in [1.165, 1.54) is 31.5 Å². The van der Waals surface area contributed by atoms with E-state index in [4.69, 9.17) is 39.6 Å². The molecule has 5 N–H and O–H groups in total. The Morgan fingerprint density at radius 1 is 0.900 bits per heavy atom. The number of hydrogen-bond donors (Lipinski definition) is 5. The number of amidine groups is 1. The fourth-order valence-corrected chi connectivity index (χ4v) is 3.18. The molecule has 0 spiro atoms. The van der Waals surface area contributed by atoms with Crippen molar-refractivity contribution in [1.82, 2.24) is 4.90 Å². The highest BCUT2D eigenvalue weighted by atomic mass is 32.2. The predicted octanol–water partition coefficient (Wildman–Crippen LogP) is 1.11. The topological polar surface area (TPSA) is 177 Å². The largest absolute Gasteiger partial charge is 0.473 e. The maximum absolute atomic E-state index is 9.10. The van der Waals surface area contributed by atoms with Crippen molar-refractivity contribution in [2.75, 3.05) is 30.7 Å². The monoisotopic (exact) mass is 441 g/mol. The van der Waals surface area contributed by atoms with Crippen molar-refractivity contribution in [3.05, 3.63) is 29.8 Å². The van der Waals surface area contributed by atoms with E-state index < -0.39 is 23.9 Å². The standard InChI is InChI=1S/C14H19N3S.2C2H2O4/c1-2-9-17(8-1)11-12-3-5-13(6-4-12)16-14-15-7-10-18-14;2*3-1(4)2(5)6/h3-6H,1-2,7-11H2,(H,15,16);2*(H,3,4)(H,5,6). The molecule has 0 aliphatic carbocycles. The molecule has 164 valence electrons. The molecule has 0 unspecified atom stereocenters. The van der Waals surface area contributed by atoms with E-state index in [1.54, 1.807) is 11.8 Å². The first-order valence-electron chi connectivity index (χ1n) is 8.87. The summed E-state index contributed by atoms with van der Waals surface area (Å²) in [7, 11) is 0. The van der Waals surface area contributed by atoms with Gasteiger partial charge in [-0.3, -0.25) is 9.89 Å². The minimum atomic E-state index is -1.82. The third kappa shape index (κ3) is 10.4. The highest BCUT2D eigenvalue weighted by Gasteiger charge is 2.12. The van der Waals surface area contributed by atoms with Gasteiger partial charge in [-0.2, -0.15) is 0 Å². The van der Waals surface area contributed by atoms with Crippen LogP contribution in [-0.4, -0.2) is 79.8 Å². The van der Waals surface area contributed by atoms with Crippen molar-refractivity contribution < 1.29 is 39.6 Å². The van der Waals surface area contributed by atoms with Gasteiger partial charge in [0.15, 0.2) is 5.17 Å². The third-order valence-corrected chi connectivity index (χ3v) is 4.65. The van der Waals surface area contributed by atoms with Gasteiger partial charge in [0, 0.05) is 18.0 Å². The van der Waals surface area contributed by atoms with Crippen molar-refractivity contribution in [2.24, 2.45) is 4.99 Å². The Balaban J connectivity index is 0.000000312. The average molecular weight is 441 g/mol. The van der Waals surface area contributed by atoms with Gasteiger partial charge in [-0.1, -0.05) is 23.9 Å². The minimum absolute atomic E-state index is 0.944. The summed E-state index contributed by atoms with van der Waals surface area (Å²) < 4.78 is 0. The number of carbonyl (C=O) groups is 4. The summed E-state index contributed by atoms with van der Waals surface area (Å²) in [5, 5.41) is 34.0. The van der Waals surface area contributed by atoms with Crippen LogP contribution in [0, 0.1) is 0 Å². The number of carboxylic acid groups (broad SMARTS) is 4. The second-order valence-electron chi connectivity index (χ2n) is 6.06. The van der Waals surface area contributed by atoms with Crippen LogP contribution in [0.15, 0.2) is 29.3 Å². The van der Waals surface area contributed by atoms with Gasteiger partial charge in [0.05, 0.1) is 6.54 Å². The second-order valence-corrected chi connectivity index (χ2v) is 7.14. The van der Waals surface area contributed by atoms with Crippen molar-refractivity contribution in [3.63, 3.8) is 0 Å². The molecule has 0 radical (unpaired) electrons. The molecule has 0 aromatic heterocycles. The smallest absolute Gasteiger partial charge is 0.414 e. The van der Waals surface area contributed by atoms with Crippen molar-refractivity contribution in [3.8, 4) is 0 Å². The first-order chi connectivity index (χ1) is 14.2. The molecule has 0 atom stereocenters. The van der Waals surface area contributed by atoms with E-state index in [2.05, 4.69) is 39.5 Å². The Kier molecular flexibility index (Phi) is 10.9. The van der Waals surface area contributed by atoms with Crippen LogP contribution in [0.1, 0.15) is 18.4 Å². The van der Waals surface area contributed by atoms with E-state index in [9.17, 15) is 0 Å². The molecule has 0 amide bonds. The summed E-state index contributed by atoms with van der Waals surface area (Å²) in [5.74, 6) is -6.19. The SMILES string of the molecule is O=C(O)C(=O)O.O=C(O)C(=O)O.c1cc(NC2=NCCS2)ccc1CN1CCCC1. The van der Waals surface area contributed by atoms with Gasteiger partial charge in [0.1, 0.15) is 0 Å². The zero-order valence-electron chi connectivity index (χ0n) is 16.0. The summed E-state index contributed by atoms with van der Waals surface area (Å²) in [6.45, 7) is 4.55. The zero-order valence-corrected chi connectivity index (χ0v) is 16.8. The fraction of sp³-hybridized carbons (Fsp3) is 0.389. The summed E-state index contributed by atoms with van der Waals surface area (Å²) >= 11 is 1.80. The lowest BCUT2D eigenvalue weighted by molar-refractivity contribution is -0.159. The van der Waals surface area contributed by atoms with Gasteiger partial charge in [-0.25, -0.2) is 19.2 Å². The van der Waals surface area contributed by atoms with Crippen LogP contribution < -0.4 is 5.32 Å². The lowest BCUT2D eigenvalue weighted by Crippen LogP contribution is -2.18. The first kappa shape index (κ1) is 24.9. The van der Waals surface area contributed by atoms with Crippen molar-refractivity contribution in [2.45, 2.75) is 19.4 Å². The van der Waals surface area contributed by atoms with Gasteiger partial charge in [-0.05, 0) is 43.6 Å². The van der Waals surface area contributed by atoms with Gasteiger partial charge >= 0.3 is 23.9 Å². The third-order valence-electron chi connectivity index (χ3n) is 3.76. The lowest BCUT2D eigenvalue weighted by Gasteiger charge is -2.14. The van der Waals surface area contributed by atoms with E-state index in [0.29, 0.717) is 0 Å². The summed E-state index contributed by atoms with van der Waals surface area (Å²) in [6, 6.07) is 8.77. The number of thioether (sulfide) groups is 1. The molecule has 2 heterocycles. The first-order valence-corrected chi connectivity index (χ1v) is 9.85. The zero-order chi connectivity index (χ0) is 22.5. The van der Waals surface area contributed by atoms with Crippen LogP contribution in [-0.2, 0) is 25.7 Å². The number of benzene rings is 1. The Hall–Kier alpha value is -3.12. The van der Waals surface area contributed by atoms with Gasteiger partial charge in [-0.15, -0.1) is 0 Å². The van der Waals surface area contributed by atoms with Crippen LogP contribution in [0.3, 0.4) is 0 Å². The number of nitrogens with one attached hydrogen (secondary N) is 1. The molecule has 1 aromatic carbocycles. The fourth-order valence-electron chi connectivity index (χ4n) is 2.43. The number of rotatable bonds is 3. The van der Waals surface area contributed by atoms with E-state index >= 15 is 0 Å². The molecule has 0 bridgehead atoms. The second kappa shape index (κ2) is 13.2. The molecule has 12 heteroatoms. The Labute approximate surface area is 176 Å². The molecule has 1 aromatic rings. The summed E-state index contributed by atoms with van der Waals surface area (Å²) in [4.78, 5) is 43.3. The normalized spacial score (nSPS) is 15.0. The van der Waals surface area contributed by atoms with Crippen molar-refractivity contribution in [1.29, 1.82) is 0 Å². The number of aliphatic imine (C=N–C) groups is 1. The minimum Gasteiger partial charge on any atom is -0.473 e. The average Bonchev–Trinajstić information content (AvgIpc) is 3.38. The maximum atomic E-state index is 9.10. The lowest BCUT2D eigenvalue weighted by atomic mass is 10.2. The summed E-state index contributed by atoms with van der Waals surface area (Å²) in [6.07, 6.45) is 2.72. The predicted molar refractivity (Wildman–Crippen MR) is 110 cm³/mol. The molecular weight excluding hydrogens is 418 g/mol. The van der Waals surface area contributed by atoms with Crippen LogP contribution in [0.4, 0.5) is 5.69 Å². The van der Waals surface area contributed by atoms with Gasteiger partial charge in [0.2, 0.25) is 0 Å². The van der Waals surface area contributed by atoms with Gasteiger partial charge < -0.3 is 25.7 Å². The number of carboxylic acids is 4. The molecule has 3 rings (SSSR count).